The number of hydrogen-bond donors (Lipinski definition) is 3. The molecule has 0 radical (unpaired) electrons. The monoisotopic (exact) mass is 285 g/mol. The largest absolute Gasteiger partial charge is 0.399 e. The summed E-state index contributed by atoms with van der Waals surface area (Å²) in [5.74, 6) is 1.44. The molecule has 1 heterocycles. The molecule has 3 atom stereocenters. The molecule has 1 saturated carbocycles. The van der Waals surface area contributed by atoms with E-state index in [4.69, 9.17) is 5.73 Å². The zero-order chi connectivity index (χ0) is 15.0. The number of benzene rings is 1. The second kappa shape index (κ2) is 5.43. The topological polar surface area (TPSA) is 70.9 Å². The maximum absolute atomic E-state index is 12.5. The van der Waals surface area contributed by atoms with Crippen molar-refractivity contribution >= 4 is 22.5 Å². The summed E-state index contributed by atoms with van der Waals surface area (Å²) in [5, 5.41) is 4.12. The number of aromatic amines is 1. The van der Waals surface area contributed by atoms with Crippen molar-refractivity contribution in [3.63, 3.8) is 0 Å². The Morgan fingerprint density at radius 2 is 2.10 bits per heavy atom. The van der Waals surface area contributed by atoms with Gasteiger partial charge >= 0.3 is 0 Å². The maximum atomic E-state index is 12.5. The predicted molar refractivity (Wildman–Crippen MR) is 86.1 cm³/mol. The van der Waals surface area contributed by atoms with Gasteiger partial charge in [-0.25, -0.2) is 0 Å². The molecule has 4 heteroatoms. The van der Waals surface area contributed by atoms with Gasteiger partial charge in [0.05, 0.1) is 5.56 Å². The Labute approximate surface area is 125 Å². The first-order chi connectivity index (χ1) is 10.0. The van der Waals surface area contributed by atoms with Gasteiger partial charge in [-0.15, -0.1) is 0 Å². The van der Waals surface area contributed by atoms with E-state index in [9.17, 15) is 4.79 Å². The van der Waals surface area contributed by atoms with Crippen molar-refractivity contribution in [3.05, 3.63) is 30.0 Å². The summed E-state index contributed by atoms with van der Waals surface area (Å²) < 4.78 is 0. The minimum absolute atomic E-state index is 0.0118. The first-order valence-electron chi connectivity index (χ1n) is 7.72. The van der Waals surface area contributed by atoms with Gasteiger partial charge in [-0.2, -0.15) is 0 Å². The summed E-state index contributed by atoms with van der Waals surface area (Å²) in [6, 6.07) is 5.89. The van der Waals surface area contributed by atoms with Gasteiger partial charge in [0.1, 0.15) is 0 Å². The Morgan fingerprint density at radius 1 is 1.29 bits per heavy atom. The molecule has 3 unspecified atom stereocenters. The summed E-state index contributed by atoms with van der Waals surface area (Å²) in [6.07, 6.45) is 5.11. The third-order valence-electron chi connectivity index (χ3n) is 4.88. The molecule has 1 aromatic heterocycles. The Kier molecular flexibility index (Phi) is 3.62. The van der Waals surface area contributed by atoms with Gasteiger partial charge in [-0.1, -0.05) is 13.8 Å². The van der Waals surface area contributed by atoms with Gasteiger partial charge in [0.15, 0.2) is 0 Å². The molecular weight excluding hydrogens is 262 g/mol. The Hall–Kier alpha value is -1.97. The quantitative estimate of drug-likeness (QED) is 0.741. The van der Waals surface area contributed by atoms with E-state index in [-0.39, 0.29) is 5.91 Å². The molecule has 1 aromatic carbocycles. The third kappa shape index (κ3) is 2.75. The normalized spacial score (nSPS) is 25.9. The van der Waals surface area contributed by atoms with Crippen LogP contribution in [0.25, 0.3) is 10.9 Å². The predicted octanol–water partition coefficient (Wildman–Crippen LogP) is 3.30. The van der Waals surface area contributed by atoms with Gasteiger partial charge in [0.25, 0.3) is 5.91 Å². The molecule has 0 aliphatic heterocycles. The van der Waals surface area contributed by atoms with Crippen LogP contribution in [0, 0.1) is 11.8 Å². The second-order valence-electron chi connectivity index (χ2n) is 6.45. The van der Waals surface area contributed by atoms with Crippen LogP contribution >= 0.6 is 0 Å². The molecule has 0 saturated heterocycles. The van der Waals surface area contributed by atoms with E-state index >= 15 is 0 Å². The molecule has 1 amide bonds. The number of nitrogen functional groups attached to an aromatic ring is 1. The first-order valence-corrected chi connectivity index (χ1v) is 7.72. The van der Waals surface area contributed by atoms with Crippen LogP contribution < -0.4 is 11.1 Å². The molecule has 1 fully saturated rings. The van der Waals surface area contributed by atoms with E-state index in [0.717, 1.165) is 29.7 Å². The number of amides is 1. The number of fused-ring (bicyclic) bond motifs is 1. The summed E-state index contributed by atoms with van der Waals surface area (Å²) in [6.45, 7) is 4.57. The van der Waals surface area contributed by atoms with Gasteiger partial charge < -0.3 is 16.0 Å². The van der Waals surface area contributed by atoms with Crippen LogP contribution in [0.4, 0.5) is 5.69 Å². The van der Waals surface area contributed by atoms with E-state index in [1.807, 2.05) is 18.2 Å². The Bertz CT molecular complexity index is 661. The number of rotatable bonds is 2. The number of aromatic nitrogens is 1. The number of H-pyrrole nitrogens is 1. The number of nitrogens with two attached hydrogens (primary N) is 1. The lowest BCUT2D eigenvalue weighted by Crippen LogP contribution is -2.39. The molecule has 3 rings (SSSR count). The lowest BCUT2D eigenvalue weighted by atomic mass is 9.79. The number of carbonyl (C=O) groups excluding carboxylic acids is 1. The molecule has 112 valence electrons. The molecule has 4 N–H and O–H groups in total. The summed E-state index contributed by atoms with van der Waals surface area (Å²) >= 11 is 0. The highest BCUT2D eigenvalue weighted by Gasteiger charge is 2.26. The molecule has 2 aromatic rings. The SMILES string of the molecule is CC1CCC(NC(=O)c2c[nH]c3cc(N)ccc23)CC1C. The van der Waals surface area contributed by atoms with E-state index in [1.165, 1.54) is 6.42 Å². The van der Waals surface area contributed by atoms with E-state index in [0.29, 0.717) is 23.2 Å². The summed E-state index contributed by atoms with van der Waals surface area (Å²) in [7, 11) is 0. The van der Waals surface area contributed by atoms with Crippen molar-refractivity contribution in [2.75, 3.05) is 5.73 Å². The molecular formula is C17H23N3O. The lowest BCUT2D eigenvalue weighted by Gasteiger charge is -2.32. The third-order valence-corrected chi connectivity index (χ3v) is 4.88. The van der Waals surface area contributed by atoms with E-state index < -0.39 is 0 Å². The fourth-order valence-corrected chi connectivity index (χ4v) is 3.27. The standard InChI is InChI=1S/C17H23N3O/c1-10-3-5-13(7-11(10)2)20-17(21)15-9-19-16-8-12(18)4-6-14(15)16/h4,6,8-11,13,19H,3,5,7,18H2,1-2H3,(H,20,21). The van der Waals surface area contributed by atoms with Crippen LogP contribution in [-0.2, 0) is 0 Å². The van der Waals surface area contributed by atoms with Gasteiger partial charge in [-0.05, 0) is 49.3 Å². The van der Waals surface area contributed by atoms with Crippen molar-refractivity contribution in [1.29, 1.82) is 0 Å². The number of anilines is 1. The van der Waals surface area contributed by atoms with Gasteiger partial charge in [-0.3, -0.25) is 4.79 Å². The molecule has 0 spiro atoms. The molecule has 4 nitrogen and oxygen atoms in total. The highest BCUT2D eigenvalue weighted by Crippen LogP contribution is 2.29. The Morgan fingerprint density at radius 3 is 2.86 bits per heavy atom. The van der Waals surface area contributed by atoms with Crippen LogP contribution in [0.1, 0.15) is 43.5 Å². The molecule has 21 heavy (non-hydrogen) atoms. The molecule has 1 aliphatic carbocycles. The minimum Gasteiger partial charge on any atom is -0.399 e. The van der Waals surface area contributed by atoms with Gasteiger partial charge in [0.2, 0.25) is 0 Å². The van der Waals surface area contributed by atoms with Crippen molar-refractivity contribution in [1.82, 2.24) is 10.3 Å². The van der Waals surface area contributed by atoms with Crippen molar-refractivity contribution in [2.24, 2.45) is 11.8 Å². The average molecular weight is 285 g/mol. The van der Waals surface area contributed by atoms with Crippen molar-refractivity contribution in [2.45, 2.75) is 39.2 Å². The lowest BCUT2D eigenvalue weighted by molar-refractivity contribution is 0.0912. The fourth-order valence-electron chi connectivity index (χ4n) is 3.27. The van der Waals surface area contributed by atoms with Crippen LogP contribution in [0.2, 0.25) is 0 Å². The average Bonchev–Trinajstić information content (AvgIpc) is 2.85. The van der Waals surface area contributed by atoms with Crippen LogP contribution in [0.15, 0.2) is 24.4 Å². The van der Waals surface area contributed by atoms with Crippen LogP contribution in [0.3, 0.4) is 0 Å². The van der Waals surface area contributed by atoms with E-state index in [2.05, 4.69) is 24.1 Å². The zero-order valence-corrected chi connectivity index (χ0v) is 12.6. The highest BCUT2D eigenvalue weighted by molar-refractivity contribution is 6.07. The first kappa shape index (κ1) is 14.0. The van der Waals surface area contributed by atoms with Crippen molar-refractivity contribution in [3.8, 4) is 0 Å². The Balaban J connectivity index is 1.75. The molecule has 0 bridgehead atoms. The highest BCUT2D eigenvalue weighted by atomic mass is 16.1. The van der Waals surface area contributed by atoms with Crippen LogP contribution in [0.5, 0.6) is 0 Å². The molecule has 1 aliphatic rings. The summed E-state index contributed by atoms with van der Waals surface area (Å²) in [5.41, 5.74) is 8.08. The fraction of sp³-hybridized carbons (Fsp3) is 0.471. The smallest absolute Gasteiger partial charge is 0.253 e. The summed E-state index contributed by atoms with van der Waals surface area (Å²) in [4.78, 5) is 15.6. The maximum Gasteiger partial charge on any atom is 0.253 e. The van der Waals surface area contributed by atoms with E-state index in [1.54, 1.807) is 6.20 Å². The minimum atomic E-state index is 0.0118. The number of hydrogen-bond acceptors (Lipinski definition) is 2. The van der Waals surface area contributed by atoms with Gasteiger partial charge in [0, 0.05) is 28.8 Å². The van der Waals surface area contributed by atoms with Crippen LogP contribution in [-0.4, -0.2) is 16.9 Å². The second-order valence-corrected chi connectivity index (χ2v) is 6.45. The van der Waals surface area contributed by atoms with Crippen molar-refractivity contribution < 1.29 is 4.79 Å². The zero-order valence-electron chi connectivity index (χ0n) is 12.6. The number of carbonyl (C=O) groups is 1. The number of nitrogens with one attached hydrogen (secondary N) is 2.